The lowest BCUT2D eigenvalue weighted by molar-refractivity contribution is -0.117. The van der Waals surface area contributed by atoms with E-state index in [1.165, 1.54) is 5.56 Å². The van der Waals surface area contributed by atoms with Crippen molar-refractivity contribution in [2.24, 2.45) is 0 Å². The molecule has 0 aliphatic carbocycles. The van der Waals surface area contributed by atoms with Gasteiger partial charge in [0.15, 0.2) is 0 Å². The molecule has 5 nitrogen and oxygen atoms in total. The fourth-order valence-electron chi connectivity index (χ4n) is 3.86. The van der Waals surface area contributed by atoms with E-state index in [2.05, 4.69) is 55.5 Å². The first kappa shape index (κ1) is 18.4. The van der Waals surface area contributed by atoms with Crippen LogP contribution >= 0.6 is 0 Å². The van der Waals surface area contributed by atoms with Gasteiger partial charge in [-0.15, -0.1) is 0 Å². The van der Waals surface area contributed by atoms with E-state index >= 15 is 0 Å². The Balaban J connectivity index is 1.61. The van der Waals surface area contributed by atoms with E-state index in [0.29, 0.717) is 6.42 Å². The Morgan fingerprint density at radius 3 is 2.48 bits per heavy atom. The molecule has 0 radical (unpaired) electrons. The summed E-state index contributed by atoms with van der Waals surface area (Å²) in [4.78, 5) is 16.1. The molecule has 138 valence electrons. The molecule has 0 spiro atoms. The maximum Gasteiger partial charge on any atom is 0.227 e. The molecule has 2 aliphatic rings. The van der Waals surface area contributed by atoms with Crippen molar-refractivity contribution < 1.29 is 9.53 Å². The summed E-state index contributed by atoms with van der Waals surface area (Å²) in [6, 6.07) is 8.72. The third kappa shape index (κ3) is 4.05. The average molecular weight is 345 g/mol. The standard InChI is InChI=1S/C20H31N3O2/c1-16(21-15-20(22(2)3)10-13-25-14-11-20)17-6-8-18(9-7-17)23-12-4-5-19(23)24/h6-9,16,21H,4-5,10-15H2,1-3H3/t16-/m1/s1. The highest BCUT2D eigenvalue weighted by Crippen LogP contribution is 2.27. The Bertz CT molecular complexity index is 579. The van der Waals surface area contributed by atoms with E-state index in [-0.39, 0.29) is 17.5 Å². The fourth-order valence-corrected chi connectivity index (χ4v) is 3.86. The molecule has 1 N–H and O–H groups in total. The SMILES string of the molecule is C[C@@H](NCC1(N(C)C)CCOCC1)c1ccc(N2CCCC2=O)cc1. The number of hydrogen-bond donors (Lipinski definition) is 1. The molecule has 0 aromatic heterocycles. The number of amides is 1. The van der Waals surface area contributed by atoms with Crippen LogP contribution in [0.3, 0.4) is 0 Å². The second-order valence-electron chi connectivity index (χ2n) is 7.57. The molecule has 3 rings (SSSR count). The van der Waals surface area contributed by atoms with Crippen LogP contribution in [0.4, 0.5) is 5.69 Å². The molecular formula is C20H31N3O2. The summed E-state index contributed by atoms with van der Waals surface area (Å²) in [5, 5.41) is 3.71. The number of benzene rings is 1. The summed E-state index contributed by atoms with van der Waals surface area (Å²) in [6.45, 7) is 5.69. The molecule has 1 aromatic carbocycles. The number of nitrogens with zero attached hydrogens (tertiary/aromatic N) is 2. The monoisotopic (exact) mass is 345 g/mol. The minimum atomic E-state index is 0.175. The van der Waals surface area contributed by atoms with Crippen molar-refractivity contribution in [2.75, 3.05) is 45.3 Å². The number of ether oxygens (including phenoxy) is 1. The molecule has 2 heterocycles. The molecule has 1 aromatic rings. The van der Waals surface area contributed by atoms with Crippen LogP contribution in [0.25, 0.3) is 0 Å². The van der Waals surface area contributed by atoms with E-state index in [0.717, 1.165) is 51.3 Å². The lowest BCUT2D eigenvalue weighted by Gasteiger charge is -2.43. The summed E-state index contributed by atoms with van der Waals surface area (Å²) in [7, 11) is 4.33. The zero-order valence-corrected chi connectivity index (χ0v) is 15.8. The molecule has 1 atom stereocenters. The summed E-state index contributed by atoms with van der Waals surface area (Å²) < 4.78 is 5.55. The fraction of sp³-hybridized carbons (Fsp3) is 0.650. The maximum atomic E-state index is 11.9. The van der Waals surface area contributed by atoms with Gasteiger partial charge < -0.3 is 19.9 Å². The van der Waals surface area contributed by atoms with Crippen molar-refractivity contribution in [3.05, 3.63) is 29.8 Å². The third-order valence-electron chi connectivity index (χ3n) is 5.89. The van der Waals surface area contributed by atoms with Crippen LogP contribution in [0.5, 0.6) is 0 Å². The van der Waals surface area contributed by atoms with Gasteiger partial charge in [0.2, 0.25) is 5.91 Å². The number of likely N-dealkylation sites (N-methyl/N-ethyl adjacent to an activating group) is 1. The first-order valence-electron chi connectivity index (χ1n) is 9.41. The highest BCUT2D eigenvalue weighted by atomic mass is 16.5. The third-order valence-corrected chi connectivity index (χ3v) is 5.89. The molecule has 5 heteroatoms. The van der Waals surface area contributed by atoms with Crippen molar-refractivity contribution in [3.63, 3.8) is 0 Å². The van der Waals surface area contributed by atoms with Gasteiger partial charge in [-0.05, 0) is 58.0 Å². The summed E-state index contributed by atoms with van der Waals surface area (Å²) in [5.74, 6) is 0.242. The molecule has 1 amide bonds. The maximum absolute atomic E-state index is 11.9. The van der Waals surface area contributed by atoms with Crippen molar-refractivity contribution in [1.82, 2.24) is 10.2 Å². The zero-order valence-electron chi connectivity index (χ0n) is 15.8. The van der Waals surface area contributed by atoms with Gasteiger partial charge in [-0.1, -0.05) is 12.1 Å². The second kappa shape index (κ2) is 7.85. The number of rotatable bonds is 6. The van der Waals surface area contributed by atoms with Gasteiger partial charge in [-0.25, -0.2) is 0 Å². The smallest absolute Gasteiger partial charge is 0.227 e. The van der Waals surface area contributed by atoms with Gasteiger partial charge in [0, 0.05) is 50.0 Å². The van der Waals surface area contributed by atoms with Crippen molar-refractivity contribution in [2.45, 2.75) is 44.2 Å². The molecule has 25 heavy (non-hydrogen) atoms. The lowest BCUT2D eigenvalue weighted by Crippen LogP contribution is -2.55. The van der Waals surface area contributed by atoms with Crippen molar-refractivity contribution in [3.8, 4) is 0 Å². The molecule has 2 fully saturated rings. The predicted octanol–water partition coefficient (Wildman–Crippen LogP) is 2.57. The van der Waals surface area contributed by atoms with Gasteiger partial charge in [0.1, 0.15) is 0 Å². The first-order valence-corrected chi connectivity index (χ1v) is 9.41. The van der Waals surface area contributed by atoms with Crippen molar-refractivity contribution in [1.29, 1.82) is 0 Å². The highest BCUT2D eigenvalue weighted by Gasteiger charge is 2.34. The average Bonchev–Trinajstić information content (AvgIpc) is 3.06. The minimum absolute atomic E-state index is 0.175. The number of hydrogen-bond acceptors (Lipinski definition) is 4. The molecule has 2 aliphatic heterocycles. The van der Waals surface area contributed by atoms with Crippen LogP contribution in [-0.4, -0.2) is 56.7 Å². The largest absolute Gasteiger partial charge is 0.381 e. The van der Waals surface area contributed by atoms with Crippen LogP contribution < -0.4 is 10.2 Å². The number of carbonyl (C=O) groups is 1. The normalized spacial score (nSPS) is 21.8. The van der Waals surface area contributed by atoms with E-state index in [1.54, 1.807) is 0 Å². The Labute approximate surface area is 151 Å². The molecule has 0 bridgehead atoms. The van der Waals surface area contributed by atoms with Crippen LogP contribution in [0.2, 0.25) is 0 Å². The topological polar surface area (TPSA) is 44.8 Å². The Morgan fingerprint density at radius 2 is 1.92 bits per heavy atom. The summed E-state index contributed by atoms with van der Waals surface area (Å²) in [6.07, 6.45) is 3.77. The summed E-state index contributed by atoms with van der Waals surface area (Å²) >= 11 is 0. The van der Waals surface area contributed by atoms with Crippen LogP contribution in [0, 0.1) is 0 Å². The minimum Gasteiger partial charge on any atom is -0.381 e. The Kier molecular flexibility index (Phi) is 5.77. The lowest BCUT2D eigenvalue weighted by atomic mass is 9.88. The van der Waals surface area contributed by atoms with Crippen LogP contribution in [0.15, 0.2) is 24.3 Å². The van der Waals surface area contributed by atoms with E-state index in [1.807, 2.05) is 4.90 Å². The molecule has 0 unspecified atom stereocenters. The molecule has 0 saturated carbocycles. The zero-order chi connectivity index (χ0) is 17.9. The van der Waals surface area contributed by atoms with E-state index in [9.17, 15) is 4.79 Å². The predicted molar refractivity (Wildman–Crippen MR) is 101 cm³/mol. The van der Waals surface area contributed by atoms with Gasteiger partial charge >= 0.3 is 0 Å². The number of carbonyl (C=O) groups excluding carboxylic acids is 1. The van der Waals surface area contributed by atoms with E-state index < -0.39 is 0 Å². The van der Waals surface area contributed by atoms with Gasteiger partial charge in [0.25, 0.3) is 0 Å². The Morgan fingerprint density at radius 1 is 1.24 bits per heavy atom. The molecule has 2 saturated heterocycles. The number of nitrogens with one attached hydrogen (secondary N) is 1. The number of anilines is 1. The van der Waals surface area contributed by atoms with Crippen LogP contribution in [-0.2, 0) is 9.53 Å². The van der Waals surface area contributed by atoms with Crippen LogP contribution in [0.1, 0.15) is 44.2 Å². The molecular weight excluding hydrogens is 314 g/mol. The summed E-state index contributed by atoms with van der Waals surface area (Å²) in [5.41, 5.74) is 2.46. The van der Waals surface area contributed by atoms with Crippen molar-refractivity contribution >= 4 is 11.6 Å². The quantitative estimate of drug-likeness (QED) is 0.861. The Hall–Kier alpha value is -1.43. The van der Waals surface area contributed by atoms with Gasteiger partial charge in [-0.3, -0.25) is 4.79 Å². The van der Waals surface area contributed by atoms with Gasteiger partial charge in [-0.2, -0.15) is 0 Å². The highest BCUT2D eigenvalue weighted by molar-refractivity contribution is 5.95. The second-order valence-corrected chi connectivity index (χ2v) is 7.57. The van der Waals surface area contributed by atoms with E-state index in [4.69, 9.17) is 4.74 Å². The van der Waals surface area contributed by atoms with Gasteiger partial charge in [0.05, 0.1) is 0 Å². The first-order chi connectivity index (χ1) is 12.0.